The first-order valence-corrected chi connectivity index (χ1v) is 8.79. The largest absolute Gasteiger partial charge is 0.397 e. The van der Waals surface area contributed by atoms with E-state index in [4.69, 9.17) is 10.3 Å². The number of rotatable bonds is 2. The van der Waals surface area contributed by atoms with Crippen molar-refractivity contribution in [3.63, 3.8) is 0 Å². The van der Waals surface area contributed by atoms with Crippen molar-refractivity contribution < 1.29 is 4.52 Å². The lowest BCUT2D eigenvalue weighted by molar-refractivity contribution is 0.372. The Labute approximate surface area is 139 Å². The van der Waals surface area contributed by atoms with Gasteiger partial charge in [-0.1, -0.05) is 27.5 Å². The molecule has 6 heteroatoms. The maximum absolute atomic E-state index is 6.11. The molecule has 3 atom stereocenters. The topological polar surface area (TPSA) is 64.9 Å². The molecule has 2 saturated carbocycles. The lowest BCUT2D eigenvalue weighted by Gasteiger charge is -2.17. The minimum Gasteiger partial charge on any atom is -0.397 e. The molecule has 2 N–H and O–H groups in total. The van der Waals surface area contributed by atoms with Gasteiger partial charge in [0.2, 0.25) is 0 Å². The van der Waals surface area contributed by atoms with E-state index in [-0.39, 0.29) is 0 Å². The Morgan fingerprint density at radius 2 is 2.05 bits per heavy atom. The first-order valence-electron chi connectivity index (χ1n) is 7.20. The Morgan fingerprint density at radius 3 is 2.76 bits per heavy atom. The normalized spacial score (nSPS) is 27.4. The highest BCUT2D eigenvalue weighted by atomic mass is 79.9. The van der Waals surface area contributed by atoms with E-state index < -0.39 is 0 Å². The summed E-state index contributed by atoms with van der Waals surface area (Å²) >= 11 is 6.92. The minimum atomic E-state index is 0.470. The molecular formula is C15H15Br2N3O. The molecule has 0 spiro atoms. The Kier molecular flexibility index (Phi) is 3.34. The molecule has 0 radical (unpaired) electrons. The zero-order valence-corrected chi connectivity index (χ0v) is 14.5. The molecule has 1 heterocycles. The van der Waals surface area contributed by atoms with Crippen molar-refractivity contribution in [2.24, 2.45) is 11.8 Å². The molecule has 3 unspecified atom stereocenters. The van der Waals surface area contributed by atoms with Crippen LogP contribution in [0.4, 0.5) is 5.69 Å². The first-order chi connectivity index (χ1) is 10.1. The minimum absolute atomic E-state index is 0.470. The van der Waals surface area contributed by atoms with E-state index in [0.29, 0.717) is 17.5 Å². The van der Waals surface area contributed by atoms with Gasteiger partial charge in [-0.25, -0.2) is 0 Å². The second-order valence-electron chi connectivity index (χ2n) is 6.09. The third-order valence-electron chi connectivity index (χ3n) is 4.84. The maximum Gasteiger partial charge on any atom is 0.260 e. The fourth-order valence-corrected chi connectivity index (χ4v) is 5.04. The van der Waals surface area contributed by atoms with Gasteiger partial charge in [0, 0.05) is 14.9 Å². The molecule has 4 rings (SSSR count). The lowest BCUT2D eigenvalue weighted by atomic mass is 9.88. The fourth-order valence-electron chi connectivity index (χ4n) is 3.82. The number of aromatic nitrogens is 2. The summed E-state index contributed by atoms with van der Waals surface area (Å²) < 4.78 is 7.23. The van der Waals surface area contributed by atoms with Crippen LogP contribution in [-0.2, 0) is 0 Å². The SMILES string of the molecule is Nc1c(Br)cc(Br)cc1-c1nc(C2CC3CCC2C3)no1. The van der Waals surface area contributed by atoms with E-state index in [1.54, 1.807) is 0 Å². The van der Waals surface area contributed by atoms with Gasteiger partial charge >= 0.3 is 0 Å². The molecule has 21 heavy (non-hydrogen) atoms. The summed E-state index contributed by atoms with van der Waals surface area (Å²) in [4.78, 5) is 4.62. The highest BCUT2D eigenvalue weighted by molar-refractivity contribution is 9.11. The van der Waals surface area contributed by atoms with Crippen LogP contribution in [0.1, 0.15) is 37.4 Å². The number of anilines is 1. The number of nitrogens with two attached hydrogens (primary N) is 1. The monoisotopic (exact) mass is 411 g/mol. The predicted octanol–water partition coefficient (Wildman–Crippen LogP) is 4.75. The van der Waals surface area contributed by atoms with Crippen LogP contribution in [0.3, 0.4) is 0 Å². The number of halogens is 2. The van der Waals surface area contributed by atoms with E-state index in [0.717, 1.165) is 32.2 Å². The van der Waals surface area contributed by atoms with Crippen molar-refractivity contribution in [2.75, 3.05) is 5.73 Å². The average Bonchev–Trinajstić information content (AvgIpc) is 3.17. The smallest absolute Gasteiger partial charge is 0.260 e. The maximum atomic E-state index is 6.11. The number of hydrogen-bond donors (Lipinski definition) is 1. The number of nitrogen functional groups attached to an aromatic ring is 1. The molecule has 0 saturated heterocycles. The van der Waals surface area contributed by atoms with E-state index >= 15 is 0 Å². The Hall–Kier alpha value is -0.880. The van der Waals surface area contributed by atoms with Gasteiger partial charge in [0.25, 0.3) is 5.89 Å². The van der Waals surface area contributed by atoms with E-state index in [2.05, 4.69) is 42.0 Å². The Morgan fingerprint density at radius 1 is 1.19 bits per heavy atom. The summed E-state index contributed by atoms with van der Waals surface area (Å²) in [5, 5.41) is 4.22. The second-order valence-corrected chi connectivity index (χ2v) is 7.86. The second kappa shape index (κ2) is 5.09. The zero-order chi connectivity index (χ0) is 14.6. The van der Waals surface area contributed by atoms with Crippen molar-refractivity contribution in [2.45, 2.75) is 31.6 Å². The van der Waals surface area contributed by atoms with Gasteiger partial charge in [-0.05, 0) is 59.2 Å². The summed E-state index contributed by atoms with van der Waals surface area (Å²) in [6.07, 6.45) is 5.22. The Bertz CT molecular complexity index is 700. The molecule has 2 bridgehead atoms. The van der Waals surface area contributed by atoms with Crippen LogP contribution >= 0.6 is 31.9 Å². The first kappa shape index (κ1) is 13.8. The van der Waals surface area contributed by atoms with Crippen LogP contribution in [0.25, 0.3) is 11.5 Å². The van der Waals surface area contributed by atoms with Gasteiger partial charge in [0.15, 0.2) is 5.82 Å². The predicted molar refractivity (Wildman–Crippen MR) is 87.7 cm³/mol. The van der Waals surface area contributed by atoms with E-state index in [9.17, 15) is 0 Å². The zero-order valence-electron chi connectivity index (χ0n) is 11.4. The van der Waals surface area contributed by atoms with Gasteiger partial charge in [-0.3, -0.25) is 0 Å². The van der Waals surface area contributed by atoms with Crippen LogP contribution in [-0.4, -0.2) is 10.1 Å². The van der Waals surface area contributed by atoms with Gasteiger partial charge in [0.1, 0.15) is 0 Å². The van der Waals surface area contributed by atoms with Crippen molar-refractivity contribution in [3.05, 3.63) is 26.9 Å². The molecule has 1 aromatic carbocycles. The summed E-state index contributed by atoms with van der Waals surface area (Å²) in [6.45, 7) is 0. The molecular weight excluding hydrogens is 398 g/mol. The van der Waals surface area contributed by atoms with Crippen LogP contribution in [0.5, 0.6) is 0 Å². The van der Waals surface area contributed by atoms with Crippen molar-refractivity contribution in [3.8, 4) is 11.5 Å². The molecule has 2 aliphatic carbocycles. The highest BCUT2D eigenvalue weighted by Gasteiger charge is 2.42. The van der Waals surface area contributed by atoms with Crippen LogP contribution < -0.4 is 5.73 Å². The van der Waals surface area contributed by atoms with Gasteiger partial charge in [-0.2, -0.15) is 4.98 Å². The number of nitrogens with zero attached hydrogens (tertiary/aromatic N) is 2. The van der Waals surface area contributed by atoms with Crippen LogP contribution in [0.2, 0.25) is 0 Å². The molecule has 2 aromatic rings. The summed E-state index contributed by atoms with van der Waals surface area (Å²) in [7, 11) is 0. The third kappa shape index (κ3) is 2.32. The number of hydrogen-bond acceptors (Lipinski definition) is 4. The lowest BCUT2D eigenvalue weighted by Crippen LogP contribution is -2.09. The average molecular weight is 413 g/mol. The van der Waals surface area contributed by atoms with E-state index in [1.165, 1.54) is 25.7 Å². The van der Waals surface area contributed by atoms with Crippen molar-refractivity contribution in [1.82, 2.24) is 10.1 Å². The molecule has 4 nitrogen and oxygen atoms in total. The highest BCUT2D eigenvalue weighted by Crippen LogP contribution is 2.52. The molecule has 2 aliphatic rings. The standard InChI is InChI=1S/C15H15Br2N3O/c16-9-5-11(13(18)12(17)6-9)15-19-14(20-21-15)10-4-7-1-2-8(10)3-7/h5-8,10H,1-4,18H2. The third-order valence-corrected chi connectivity index (χ3v) is 5.95. The molecule has 110 valence electrons. The van der Waals surface area contributed by atoms with Gasteiger partial charge in [-0.15, -0.1) is 0 Å². The molecule has 1 aromatic heterocycles. The summed E-state index contributed by atoms with van der Waals surface area (Å²) in [6, 6.07) is 3.82. The Balaban J connectivity index is 1.69. The van der Waals surface area contributed by atoms with Gasteiger partial charge < -0.3 is 10.3 Å². The van der Waals surface area contributed by atoms with Crippen LogP contribution in [0, 0.1) is 11.8 Å². The number of benzene rings is 1. The quantitative estimate of drug-likeness (QED) is 0.723. The fraction of sp³-hybridized carbons (Fsp3) is 0.467. The molecule has 0 amide bonds. The summed E-state index contributed by atoms with van der Waals surface area (Å²) in [5.74, 6) is 3.44. The van der Waals surface area contributed by atoms with Crippen molar-refractivity contribution in [1.29, 1.82) is 0 Å². The number of fused-ring (bicyclic) bond motifs is 2. The molecule has 0 aliphatic heterocycles. The molecule has 2 fully saturated rings. The van der Waals surface area contributed by atoms with E-state index in [1.807, 2.05) is 12.1 Å². The van der Waals surface area contributed by atoms with Gasteiger partial charge in [0.05, 0.1) is 11.3 Å². The van der Waals surface area contributed by atoms with Crippen LogP contribution in [0.15, 0.2) is 25.6 Å². The van der Waals surface area contributed by atoms with Crippen molar-refractivity contribution >= 4 is 37.5 Å². The summed E-state index contributed by atoms with van der Waals surface area (Å²) in [5.41, 5.74) is 7.51.